The summed E-state index contributed by atoms with van der Waals surface area (Å²) in [5.74, 6) is 0. The van der Waals surface area contributed by atoms with E-state index in [2.05, 4.69) is 55.8 Å². The molecule has 0 heteroatoms. The quantitative estimate of drug-likeness (QED) is 0.615. The molecule has 0 heterocycles. The van der Waals surface area contributed by atoms with Crippen molar-refractivity contribution < 1.29 is 0 Å². The number of rotatable bonds is 1. The van der Waals surface area contributed by atoms with Gasteiger partial charge in [0, 0.05) is 6.42 Å². The van der Waals surface area contributed by atoms with Crippen LogP contribution in [0.2, 0.25) is 0 Å². The van der Waals surface area contributed by atoms with E-state index in [9.17, 15) is 0 Å². The van der Waals surface area contributed by atoms with Crippen molar-refractivity contribution in [2.45, 2.75) is 20.8 Å². The molecule has 0 atom stereocenters. The maximum Gasteiger partial charge on any atom is 0.00571 e. The van der Waals surface area contributed by atoms with E-state index in [1.54, 1.807) is 0 Å². The van der Waals surface area contributed by atoms with Crippen LogP contribution in [0.3, 0.4) is 0 Å². The van der Waals surface area contributed by atoms with Crippen molar-refractivity contribution in [3.05, 3.63) is 60.0 Å². The van der Waals surface area contributed by atoms with Gasteiger partial charge in [0.05, 0.1) is 0 Å². The SMILES string of the molecule is CC.Cc1ccccc1C1=C[CH]C=C1. The zero-order valence-electron chi connectivity index (χ0n) is 9.12. The molecule has 1 aromatic carbocycles. The number of allylic oxidation sites excluding steroid dienone is 4. The third-order valence-corrected chi connectivity index (χ3v) is 2.12. The highest BCUT2D eigenvalue weighted by atomic mass is 14.1. The zero-order chi connectivity index (χ0) is 10.4. The van der Waals surface area contributed by atoms with Gasteiger partial charge in [-0.05, 0) is 23.6 Å². The van der Waals surface area contributed by atoms with Crippen molar-refractivity contribution >= 4 is 5.57 Å². The lowest BCUT2D eigenvalue weighted by Gasteiger charge is -2.03. The third-order valence-electron chi connectivity index (χ3n) is 2.12. The van der Waals surface area contributed by atoms with Crippen molar-refractivity contribution in [1.29, 1.82) is 0 Å². The minimum atomic E-state index is 1.31. The molecule has 2 rings (SSSR count). The van der Waals surface area contributed by atoms with E-state index in [1.807, 2.05) is 13.8 Å². The molecule has 0 nitrogen and oxygen atoms in total. The van der Waals surface area contributed by atoms with Crippen molar-refractivity contribution in [3.63, 3.8) is 0 Å². The number of aryl methyl sites for hydroxylation is 1. The van der Waals surface area contributed by atoms with E-state index >= 15 is 0 Å². The van der Waals surface area contributed by atoms with Gasteiger partial charge in [0.2, 0.25) is 0 Å². The average Bonchev–Trinajstić information content (AvgIpc) is 2.75. The topological polar surface area (TPSA) is 0 Å². The highest BCUT2D eigenvalue weighted by molar-refractivity contribution is 5.79. The van der Waals surface area contributed by atoms with Gasteiger partial charge in [-0.25, -0.2) is 0 Å². The third kappa shape index (κ3) is 2.35. The van der Waals surface area contributed by atoms with Gasteiger partial charge in [0.25, 0.3) is 0 Å². The second kappa shape index (κ2) is 5.43. The number of hydrogen-bond acceptors (Lipinski definition) is 0. The molecule has 0 aliphatic heterocycles. The Labute approximate surface area is 87.0 Å². The Balaban J connectivity index is 0.000000461. The van der Waals surface area contributed by atoms with Gasteiger partial charge < -0.3 is 0 Å². The first-order chi connectivity index (χ1) is 6.88. The van der Waals surface area contributed by atoms with Crippen LogP contribution < -0.4 is 0 Å². The van der Waals surface area contributed by atoms with Gasteiger partial charge in [-0.2, -0.15) is 0 Å². The molecule has 1 aliphatic carbocycles. The summed E-state index contributed by atoms with van der Waals surface area (Å²) in [4.78, 5) is 0. The minimum Gasteiger partial charge on any atom is -0.0761 e. The van der Waals surface area contributed by atoms with Crippen LogP contribution in [0.1, 0.15) is 25.0 Å². The van der Waals surface area contributed by atoms with Crippen molar-refractivity contribution in [2.24, 2.45) is 0 Å². The largest absolute Gasteiger partial charge is 0.0761 e. The fraction of sp³-hybridized carbons (Fsp3) is 0.214. The van der Waals surface area contributed by atoms with E-state index in [0.29, 0.717) is 0 Å². The minimum absolute atomic E-state index is 1.31. The van der Waals surface area contributed by atoms with Crippen LogP contribution in [0.25, 0.3) is 5.57 Å². The molecule has 0 fully saturated rings. The highest BCUT2D eigenvalue weighted by Crippen LogP contribution is 2.23. The standard InChI is InChI=1S/C12H11.C2H6/c1-10-6-2-5-9-12(10)11-7-3-4-8-11;1-2/h2-9H,1H3;1-2H3. The number of benzene rings is 1. The van der Waals surface area contributed by atoms with Gasteiger partial charge in [-0.1, -0.05) is 56.3 Å². The normalized spacial score (nSPS) is 13.2. The van der Waals surface area contributed by atoms with E-state index in [-0.39, 0.29) is 0 Å². The van der Waals surface area contributed by atoms with Gasteiger partial charge in [-0.3, -0.25) is 0 Å². The molecule has 1 radical (unpaired) electrons. The summed E-state index contributed by atoms with van der Waals surface area (Å²) < 4.78 is 0. The Morgan fingerprint density at radius 3 is 2.29 bits per heavy atom. The number of hydrogen-bond donors (Lipinski definition) is 0. The van der Waals surface area contributed by atoms with Crippen LogP contribution in [0.4, 0.5) is 0 Å². The van der Waals surface area contributed by atoms with E-state index in [1.165, 1.54) is 16.7 Å². The fourth-order valence-corrected chi connectivity index (χ4v) is 1.45. The second-order valence-corrected chi connectivity index (χ2v) is 2.99. The Hall–Kier alpha value is -1.30. The summed E-state index contributed by atoms with van der Waals surface area (Å²) in [5, 5.41) is 0. The smallest absolute Gasteiger partial charge is 0.00571 e. The molecule has 14 heavy (non-hydrogen) atoms. The second-order valence-electron chi connectivity index (χ2n) is 2.99. The molecular formula is C14H17. The summed E-state index contributed by atoms with van der Waals surface area (Å²) in [7, 11) is 0. The van der Waals surface area contributed by atoms with E-state index in [0.717, 1.165) is 0 Å². The Morgan fingerprint density at radius 1 is 1.00 bits per heavy atom. The molecule has 0 saturated carbocycles. The molecule has 0 saturated heterocycles. The van der Waals surface area contributed by atoms with Crippen molar-refractivity contribution in [1.82, 2.24) is 0 Å². The van der Waals surface area contributed by atoms with E-state index < -0.39 is 0 Å². The molecule has 1 aliphatic rings. The lowest BCUT2D eigenvalue weighted by molar-refractivity contribution is 1.43. The molecule has 0 unspecified atom stereocenters. The molecular weight excluding hydrogens is 168 g/mol. The summed E-state index contributed by atoms with van der Waals surface area (Å²) in [6, 6.07) is 8.45. The molecule has 0 bridgehead atoms. The van der Waals surface area contributed by atoms with Crippen LogP contribution in [0.5, 0.6) is 0 Å². The first-order valence-electron chi connectivity index (χ1n) is 5.15. The van der Waals surface area contributed by atoms with Crippen LogP contribution in [0, 0.1) is 13.3 Å². The Morgan fingerprint density at radius 2 is 1.71 bits per heavy atom. The Kier molecular flexibility index (Phi) is 4.18. The first-order valence-corrected chi connectivity index (χ1v) is 5.15. The summed E-state index contributed by atoms with van der Waals surface area (Å²) in [6.45, 7) is 6.14. The predicted molar refractivity (Wildman–Crippen MR) is 63.9 cm³/mol. The van der Waals surface area contributed by atoms with Crippen LogP contribution in [-0.4, -0.2) is 0 Å². The van der Waals surface area contributed by atoms with Gasteiger partial charge in [0.15, 0.2) is 0 Å². The van der Waals surface area contributed by atoms with Gasteiger partial charge >= 0.3 is 0 Å². The molecule has 0 amide bonds. The van der Waals surface area contributed by atoms with Crippen LogP contribution in [-0.2, 0) is 0 Å². The lowest BCUT2D eigenvalue weighted by Crippen LogP contribution is -1.83. The van der Waals surface area contributed by atoms with E-state index in [4.69, 9.17) is 0 Å². The average molecular weight is 185 g/mol. The maximum atomic E-state index is 2.16. The van der Waals surface area contributed by atoms with Gasteiger partial charge in [0.1, 0.15) is 0 Å². The lowest BCUT2D eigenvalue weighted by atomic mass is 10.0. The molecule has 1 aromatic rings. The summed E-state index contributed by atoms with van der Waals surface area (Å²) >= 11 is 0. The monoisotopic (exact) mass is 185 g/mol. The fourth-order valence-electron chi connectivity index (χ4n) is 1.45. The van der Waals surface area contributed by atoms with Crippen LogP contribution >= 0.6 is 0 Å². The first kappa shape index (κ1) is 10.8. The van der Waals surface area contributed by atoms with Crippen LogP contribution in [0.15, 0.2) is 42.5 Å². The molecule has 0 N–H and O–H groups in total. The zero-order valence-corrected chi connectivity index (χ0v) is 9.12. The molecule has 73 valence electrons. The highest BCUT2D eigenvalue weighted by Gasteiger charge is 2.02. The molecule has 0 aromatic heterocycles. The maximum absolute atomic E-state index is 2.16. The molecule has 0 spiro atoms. The summed E-state index contributed by atoms with van der Waals surface area (Å²) in [6.07, 6.45) is 8.42. The van der Waals surface area contributed by atoms with Gasteiger partial charge in [-0.15, -0.1) is 0 Å². The van der Waals surface area contributed by atoms with Crippen molar-refractivity contribution in [2.75, 3.05) is 0 Å². The Bertz CT molecular complexity index is 343. The predicted octanol–water partition coefficient (Wildman–Crippen LogP) is 4.18. The summed E-state index contributed by atoms with van der Waals surface area (Å²) in [5.41, 5.74) is 3.99. The van der Waals surface area contributed by atoms with Crippen molar-refractivity contribution in [3.8, 4) is 0 Å².